The molecule has 346 valence electrons. The molecular weight excluding hydrogens is 779 g/mol. The van der Waals surface area contributed by atoms with Gasteiger partial charge in [-0.1, -0.05) is 160 Å². The SMILES string of the molecule is CCCCCC=CCC=CCCCCCCCCCC(=O)OC[C@H](COP(=O)(O)OC1C(O)C(O)C(O)[C@@H](O)C1O)OC(=O)CCCCCCCCCCCCCCC. The predicted octanol–water partition coefficient (Wildman–Crippen LogP) is 8.84. The van der Waals surface area contributed by atoms with Crippen LogP contribution in [-0.2, 0) is 32.7 Å². The lowest BCUT2D eigenvalue weighted by molar-refractivity contribution is -0.220. The van der Waals surface area contributed by atoms with Crippen molar-refractivity contribution in [1.82, 2.24) is 0 Å². The molecule has 0 spiro atoms. The molecule has 0 aromatic rings. The second kappa shape index (κ2) is 35.9. The van der Waals surface area contributed by atoms with Gasteiger partial charge in [0.25, 0.3) is 0 Å². The molecule has 1 saturated carbocycles. The van der Waals surface area contributed by atoms with E-state index in [4.69, 9.17) is 18.5 Å². The standard InChI is InChI=1S/C45H83O13P/c1-3-5-7-9-11-13-15-17-18-19-20-22-23-25-27-29-31-33-38(46)55-35-37(36-56-59(53,54)58-45-43(51)41(49)40(48)42(50)44(45)52)57-39(47)34-32-30-28-26-24-21-16-14-12-10-8-6-4-2/h11,13,17-18,37,40-45,48-52H,3-10,12,14-16,19-36H2,1-2H3,(H,53,54)/t37-,40?,41-,42?,43?,44?,45?/m1/s1. The summed E-state index contributed by atoms with van der Waals surface area (Å²) in [5.41, 5.74) is 0. The summed E-state index contributed by atoms with van der Waals surface area (Å²) in [4.78, 5) is 35.7. The van der Waals surface area contributed by atoms with Gasteiger partial charge in [0.05, 0.1) is 6.61 Å². The van der Waals surface area contributed by atoms with Gasteiger partial charge in [-0.15, -0.1) is 0 Å². The fourth-order valence-electron chi connectivity index (χ4n) is 7.02. The Hall–Kier alpha value is -1.67. The lowest BCUT2D eigenvalue weighted by Crippen LogP contribution is -2.64. The molecule has 6 unspecified atom stereocenters. The van der Waals surface area contributed by atoms with Gasteiger partial charge in [-0.05, 0) is 44.9 Å². The smallest absolute Gasteiger partial charge is 0.462 e. The number of ether oxygens (including phenoxy) is 2. The molecule has 0 amide bonds. The number of allylic oxidation sites excluding steroid dienone is 4. The summed E-state index contributed by atoms with van der Waals surface area (Å²) in [6.45, 7) is 3.27. The number of aliphatic hydroxyl groups excluding tert-OH is 5. The van der Waals surface area contributed by atoms with Gasteiger partial charge in [-0.25, -0.2) is 4.57 Å². The van der Waals surface area contributed by atoms with Gasteiger partial charge >= 0.3 is 19.8 Å². The van der Waals surface area contributed by atoms with Crippen LogP contribution in [0.2, 0.25) is 0 Å². The van der Waals surface area contributed by atoms with Crippen molar-refractivity contribution < 1.29 is 63.1 Å². The first-order valence-corrected chi connectivity index (χ1v) is 24.6. The fraction of sp³-hybridized carbons (Fsp3) is 0.867. The van der Waals surface area contributed by atoms with E-state index in [9.17, 15) is 44.6 Å². The largest absolute Gasteiger partial charge is 0.472 e. The van der Waals surface area contributed by atoms with Gasteiger partial charge in [0, 0.05) is 12.8 Å². The normalized spacial score (nSPS) is 22.5. The average molecular weight is 863 g/mol. The van der Waals surface area contributed by atoms with Crippen molar-refractivity contribution in [1.29, 1.82) is 0 Å². The summed E-state index contributed by atoms with van der Waals surface area (Å²) in [6.07, 6.45) is 25.1. The number of phosphoric acid groups is 1. The highest BCUT2D eigenvalue weighted by molar-refractivity contribution is 7.47. The average Bonchev–Trinajstić information content (AvgIpc) is 3.21. The zero-order valence-corrected chi connectivity index (χ0v) is 37.4. The third-order valence-electron chi connectivity index (χ3n) is 10.8. The number of phosphoric ester groups is 1. The Balaban J connectivity index is 2.45. The highest BCUT2D eigenvalue weighted by atomic mass is 31.2. The van der Waals surface area contributed by atoms with Crippen LogP contribution in [0.25, 0.3) is 0 Å². The maximum atomic E-state index is 12.8. The minimum absolute atomic E-state index is 0.0988. The van der Waals surface area contributed by atoms with Gasteiger partial charge in [-0.2, -0.15) is 0 Å². The van der Waals surface area contributed by atoms with Gasteiger partial charge in [-0.3, -0.25) is 18.6 Å². The van der Waals surface area contributed by atoms with Crippen LogP contribution in [0.5, 0.6) is 0 Å². The van der Waals surface area contributed by atoms with Crippen LogP contribution in [0.3, 0.4) is 0 Å². The van der Waals surface area contributed by atoms with Crippen LogP contribution in [0, 0.1) is 0 Å². The molecule has 0 saturated heterocycles. The van der Waals surface area contributed by atoms with E-state index in [0.717, 1.165) is 70.6 Å². The first-order chi connectivity index (χ1) is 28.4. The van der Waals surface area contributed by atoms with Crippen LogP contribution in [0.1, 0.15) is 194 Å². The maximum absolute atomic E-state index is 12.8. The van der Waals surface area contributed by atoms with Crippen molar-refractivity contribution in [3.05, 3.63) is 24.3 Å². The summed E-state index contributed by atoms with van der Waals surface area (Å²) >= 11 is 0. The minimum atomic E-state index is -5.11. The second-order valence-corrected chi connectivity index (χ2v) is 17.7. The summed E-state index contributed by atoms with van der Waals surface area (Å²) in [5, 5.41) is 50.1. The molecule has 8 atom stereocenters. The molecule has 0 aliphatic heterocycles. The first-order valence-electron chi connectivity index (χ1n) is 23.1. The molecule has 0 heterocycles. The van der Waals surface area contributed by atoms with E-state index in [-0.39, 0.29) is 12.8 Å². The lowest BCUT2D eigenvalue weighted by Gasteiger charge is -2.41. The molecule has 0 bridgehead atoms. The van der Waals surface area contributed by atoms with Gasteiger partial charge in [0.2, 0.25) is 0 Å². The number of hydrogen-bond donors (Lipinski definition) is 6. The Kier molecular flexibility index (Phi) is 33.7. The van der Waals surface area contributed by atoms with Gasteiger partial charge in [0.15, 0.2) is 6.10 Å². The zero-order chi connectivity index (χ0) is 43.6. The number of aliphatic hydroxyl groups is 5. The van der Waals surface area contributed by atoms with Crippen molar-refractivity contribution in [3.8, 4) is 0 Å². The summed E-state index contributed by atoms with van der Waals surface area (Å²) in [5.74, 6) is -1.10. The Morgan fingerprint density at radius 2 is 0.915 bits per heavy atom. The third kappa shape index (κ3) is 28.5. The maximum Gasteiger partial charge on any atom is 0.472 e. The second-order valence-electron chi connectivity index (χ2n) is 16.3. The highest BCUT2D eigenvalue weighted by Gasteiger charge is 2.51. The molecule has 0 radical (unpaired) electrons. The summed E-state index contributed by atoms with van der Waals surface area (Å²) in [7, 11) is -5.11. The number of carbonyl (C=O) groups is 2. The van der Waals surface area contributed by atoms with E-state index in [1.165, 1.54) is 83.5 Å². The first kappa shape index (κ1) is 55.3. The molecule has 1 aliphatic carbocycles. The fourth-order valence-corrected chi connectivity index (χ4v) is 8.00. The quantitative estimate of drug-likeness (QED) is 0.0149. The van der Waals surface area contributed by atoms with Crippen molar-refractivity contribution in [3.63, 3.8) is 0 Å². The topological polar surface area (TPSA) is 210 Å². The number of unbranched alkanes of at least 4 members (excludes halogenated alkanes) is 22. The Morgan fingerprint density at radius 3 is 1.41 bits per heavy atom. The Morgan fingerprint density at radius 1 is 0.525 bits per heavy atom. The van der Waals surface area contributed by atoms with E-state index < -0.39 is 75.7 Å². The highest BCUT2D eigenvalue weighted by Crippen LogP contribution is 2.47. The molecule has 14 heteroatoms. The van der Waals surface area contributed by atoms with E-state index in [1.807, 2.05) is 0 Å². The van der Waals surface area contributed by atoms with Crippen LogP contribution in [0.4, 0.5) is 0 Å². The molecular formula is C45H83O13P. The molecule has 13 nitrogen and oxygen atoms in total. The zero-order valence-electron chi connectivity index (χ0n) is 36.6. The monoisotopic (exact) mass is 863 g/mol. The number of carbonyl (C=O) groups excluding carboxylic acids is 2. The minimum Gasteiger partial charge on any atom is -0.462 e. The van der Waals surface area contributed by atoms with Gasteiger partial charge < -0.3 is 39.9 Å². The number of hydrogen-bond acceptors (Lipinski definition) is 12. The van der Waals surface area contributed by atoms with Gasteiger partial charge in [0.1, 0.15) is 43.2 Å². The molecule has 59 heavy (non-hydrogen) atoms. The number of esters is 2. The molecule has 1 fully saturated rings. The van der Waals surface area contributed by atoms with Crippen molar-refractivity contribution in [2.24, 2.45) is 0 Å². The van der Waals surface area contributed by atoms with Crippen molar-refractivity contribution in [2.45, 2.75) is 236 Å². The van der Waals surface area contributed by atoms with Crippen molar-refractivity contribution in [2.75, 3.05) is 13.2 Å². The van der Waals surface area contributed by atoms with E-state index in [0.29, 0.717) is 12.8 Å². The van der Waals surface area contributed by atoms with Crippen molar-refractivity contribution >= 4 is 19.8 Å². The van der Waals surface area contributed by atoms with E-state index in [1.54, 1.807) is 0 Å². The number of rotatable bonds is 38. The molecule has 0 aromatic heterocycles. The van der Waals surface area contributed by atoms with Crippen LogP contribution < -0.4 is 0 Å². The summed E-state index contributed by atoms with van der Waals surface area (Å²) in [6, 6.07) is 0. The van der Waals surface area contributed by atoms with Crippen LogP contribution >= 0.6 is 7.82 Å². The predicted molar refractivity (Wildman–Crippen MR) is 230 cm³/mol. The molecule has 0 aromatic carbocycles. The summed E-state index contributed by atoms with van der Waals surface area (Å²) < 4.78 is 33.5. The molecule has 6 N–H and O–H groups in total. The molecule has 1 rings (SSSR count). The Labute approximate surface area is 356 Å². The lowest BCUT2D eigenvalue weighted by atomic mass is 9.85. The van der Waals surface area contributed by atoms with Crippen LogP contribution in [0.15, 0.2) is 24.3 Å². The van der Waals surface area contributed by atoms with E-state index >= 15 is 0 Å². The van der Waals surface area contributed by atoms with E-state index in [2.05, 4.69) is 38.2 Å². The van der Waals surface area contributed by atoms with Crippen LogP contribution in [-0.4, -0.2) is 98.3 Å². The third-order valence-corrected chi connectivity index (χ3v) is 11.8. The Bertz CT molecular complexity index is 1130. The molecule has 1 aliphatic rings.